The van der Waals surface area contributed by atoms with Gasteiger partial charge in [-0.2, -0.15) is 0 Å². The summed E-state index contributed by atoms with van der Waals surface area (Å²) < 4.78 is 1.20. The molecule has 1 aromatic rings. The van der Waals surface area contributed by atoms with Gasteiger partial charge >= 0.3 is 0 Å². The van der Waals surface area contributed by atoms with E-state index in [-0.39, 0.29) is 13.5 Å². The predicted octanol–water partition coefficient (Wildman–Crippen LogP) is 2.79. The van der Waals surface area contributed by atoms with Crippen LogP contribution in [0.1, 0.15) is 26.3 Å². The molecule has 0 aliphatic carbocycles. The molecular formula is C13H23NS. The molecule has 0 saturated carbocycles. The Morgan fingerprint density at radius 3 is 1.73 bits per heavy atom. The van der Waals surface area contributed by atoms with Crippen molar-refractivity contribution in [3.8, 4) is 0 Å². The molecule has 0 unspecified atom stereocenters. The molecule has 0 bridgehead atoms. The summed E-state index contributed by atoms with van der Waals surface area (Å²) in [7, 11) is 0. The van der Waals surface area contributed by atoms with Gasteiger partial charge in [-0.05, 0) is 20.8 Å². The standard InChI is InChI=1S/C13H22N.H2S/c1-4-14(5-2,6-3)12-13-10-8-7-9-11-13;/h7-11H,4-6,12H2,1-3H3;1H2/q+1;/p-1. The van der Waals surface area contributed by atoms with Gasteiger partial charge < -0.3 is 18.0 Å². The lowest BCUT2D eigenvalue weighted by Crippen LogP contribution is -2.46. The number of nitrogens with zero attached hydrogens (tertiary/aromatic N) is 1. The van der Waals surface area contributed by atoms with Crippen molar-refractivity contribution in [2.24, 2.45) is 0 Å². The minimum Gasteiger partial charge on any atom is -0.813 e. The first kappa shape index (κ1) is 14.5. The molecule has 0 N–H and O–H groups in total. The van der Waals surface area contributed by atoms with Crippen molar-refractivity contribution < 1.29 is 4.48 Å². The molecule has 0 fully saturated rings. The van der Waals surface area contributed by atoms with Gasteiger partial charge in [0.05, 0.1) is 19.6 Å². The zero-order chi connectivity index (χ0) is 10.4. The minimum absolute atomic E-state index is 0. The van der Waals surface area contributed by atoms with Crippen molar-refractivity contribution in [1.29, 1.82) is 0 Å². The summed E-state index contributed by atoms with van der Waals surface area (Å²) in [6.07, 6.45) is 0. The summed E-state index contributed by atoms with van der Waals surface area (Å²) in [6.45, 7) is 11.7. The van der Waals surface area contributed by atoms with E-state index in [9.17, 15) is 0 Å². The molecule has 0 aliphatic heterocycles. The van der Waals surface area contributed by atoms with Gasteiger partial charge in [-0.15, -0.1) is 0 Å². The molecule has 0 atom stereocenters. The van der Waals surface area contributed by atoms with Gasteiger partial charge in [0.1, 0.15) is 6.54 Å². The van der Waals surface area contributed by atoms with Crippen LogP contribution in [0, 0.1) is 0 Å². The summed E-state index contributed by atoms with van der Waals surface area (Å²) in [5, 5.41) is 0. The van der Waals surface area contributed by atoms with E-state index in [1.54, 1.807) is 0 Å². The maximum absolute atomic E-state index is 2.29. The molecule has 1 rings (SSSR count). The number of benzene rings is 1. The molecule has 2 heteroatoms. The average molecular weight is 225 g/mol. The maximum Gasteiger partial charge on any atom is 0.104 e. The molecule has 1 nitrogen and oxygen atoms in total. The first-order valence-electron chi connectivity index (χ1n) is 5.65. The summed E-state index contributed by atoms with van der Waals surface area (Å²) in [6, 6.07) is 10.8. The fourth-order valence-corrected chi connectivity index (χ4v) is 1.98. The fourth-order valence-electron chi connectivity index (χ4n) is 1.98. The SMILES string of the molecule is CC[N+](CC)(CC)Cc1ccccc1.[SH-]. The second-order valence-corrected chi connectivity index (χ2v) is 3.93. The van der Waals surface area contributed by atoms with Crippen LogP contribution < -0.4 is 0 Å². The number of thiol groups is 1. The smallest absolute Gasteiger partial charge is 0.104 e. The molecule has 0 amide bonds. The highest BCUT2D eigenvalue weighted by atomic mass is 32.1. The van der Waals surface area contributed by atoms with Gasteiger partial charge in [-0.25, -0.2) is 0 Å². The van der Waals surface area contributed by atoms with Crippen LogP contribution in [0.4, 0.5) is 0 Å². The predicted molar refractivity (Wildman–Crippen MR) is 70.8 cm³/mol. The first-order chi connectivity index (χ1) is 6.76. The van der Waals surface area contributed by atoms with E-state index < -0.39 is 0 Å². The van der Waals surface area contributed by atoms with Gasteiger partial charge in [0.2, 0.25) is 0 Å². The third-order valence-corrected chi connectivity index (χ3v) is 3.37. The van der Waals surface area contributed by atoms with Crippen molar-refractivity contribution in [2.75, 3.05) is 19.6 Å². The van der Waals surface area contributed by atoms with E-state index in [0.29, 0.717) is 0 Å². The van der Waals surface area contributed by atoms with Crippen LogP contribution in [0.5, 0.6) is 0 Å². The third-order valence-electron chi connectivity index (χ3n) is 3.37. The van der Waals surface area contributed by atoms with Gasteiger partial charge in [-0.3, -0.25) is 0 Å². The number of hydrogen-bond acceptors (Lipinski definition) is 1. The average Bonchev–Trinajstić information content (AvgIpc) is 2.28. The van der Waals surface area contributed by atoms with E-state index >= 15 is 0 Å². The van der Waals surface area contributed by atoms with Crippen molar-refractivity contribution in [3.05, 3.63) is 35.9 Å². The van der Waals surface area contributed by atoms with E-state index in [4.69, 9.17) is 0 Å². The summed E-state index contributed by atoms with van der Waals surface area (Å²) >= 11 is 0. The Labute approximate surface area is 101 Å². The Kier molecular flexibility index (Phi) is 6.70. The first-order valence-corrected chi connectivity index (χ1v) is 5.65. The van der Waals surface area contributed by atoms with Crippen LogP contribution in [0.3, 0.4) is 0 Å². The van der Waals surface area contributed by atoms with Crippen molar-refractivity contribution in [3.63, 3.8) is 0 Å². The Hall–Kier alpha value is -0.470. The van der Waals surface area contributed by atoms with Crippen LogP contribution in [-0.4, -0.2) is 24.1 Å². The van der Waals surface area contributed by atoms with Crippen LogP contribution in [0.2, 0.25) is 0 Å². The quantitative estimate of drug-likeness (QED) is 0.422. The van der Waals surface area contributed by atoms with E-state index in [2.05, 4.69) is 51.1 Å². The normalized spacial score (nSPS) is 10.9. The van der Waals surface area contributed by atoms with Crippen LogP contribution >= 0.6 is 0 Å². The molecule has 0 aliphatic rings. The molecular weight excluding hydrogens is 202 g/mol. The van der Waals surface area contributed by atoms with Gasteiger partial charge in [-0.1, -0.05) is 30.3 Å². The summed E-state index contributed by atoms with van der Waals surface area (Å²) in [5.74, 6) is 0. The Morgan fingerprint density at radius 1 is 0.867 bits per heavy atom. The number of hydrogen-bond donors (Lipinski definition) is 0. The van der Waals surface area contributed by atoms with Gasteiger partial charge in [0.25, 0.3) is 0 Å². The van der Waals surface area contributed by atoms with E-state index in [1.165, 1.54) is 36.2 Å². The molecule has 0 aromatic heterocycles. The highest BCUT2D eigenvalue weighted by molar-refractivity contribution is 7.37. The van der Waals surface area contributed by atoms with Crippen LogP contribution in [-0.2, 0) is 20.0 Å². The van der Waals surface area contributed by atoms with Gasteiger partial charge in [0.15, 0.2) is 0 Å². The molecule has 0 heterocycles. The number of rotatable bonds is 5. The van der Waals surface area contributed by atoms with Crippen molar-refractivity contribution in [1.82, 2.24) is 0 Å². The third kappa shape index (κ3) is 3.88. The van der Waals surface area contributed by atoms with Gasteiger partial charge in [0, 0.05) is 5.56 Å². The monoisotopic (exact) mass is 225 g/mol. The Bertz CT molecular complexity index is 246. The second-order valence-electron chi connectivity index (χ2n) is 3.93. The zero-order valence-electron chi connectivity index (χ0n) is 10.1. The molecule has 0 spiro atoms. The topological polar surface area (TPSA) is 0 Å². The van der Waals surface area contributed by atoms with Crippen molar-refractivity contribution in [2.45, 2.75) is 27.3 Å². The molecule has 86 valence electrons. The molecule has 15 heavy (non-hydrogen) atoms. The summed E-state index contributed by atoms with van der Waals surface area (Å²) in [4.78, 5) is 0. The lowest BCUT2D eigenvalue weighted by atomic mass is 10.2. The molecule has 1 aromatic carbocycles. The highest BCUT2D eigenvalue weighted by Crippen LogP contribution is 2.13. The maximum atomic E-state index is 2.29. The van der Waals surface area contributed by atoms with E-state index in [1.807, 2.05) is 0 Å². The molecule has 0 radical (unpaired) electrons. The fraction of sp³-hybridized carbons (Fsp3) is 0.538. The van der Waals surface area contributed by atoms with Crippen molar-refractivity contribution >= 4 is 13.5 Å². The Balaban J connectivity index is 0.00000196. The van der Waals surface area contributed by atoms with Crippen LogP contribution in [0.25, 0.3) is 0 Å². The zero-order valence-corrected chi connectivity index (χ0v) is 11.0. The minimum atomic E-state index is 0. The number of quaternary nitrogens is 1. The van der Waals surface area contributed by atoms with Crippen LogP contribution in [0.15, 0.2) is 30.3 Å². The second kappa shape index (κ2) is 6.91. The molecule has 0 saturated heterocycles. The lowest BCUT2D eigenvalue weighted by Gasteiger charge is -2.35. The Morgan fingerprint density at radius 2 is 1.33 bits per heavy atom. The largest absolute Gasteiger partial charge is 0.813 e. The van der Waals surface area contributed by atoms with E-state index in [0.717, 1.165) is 0 Å². The highest BCUT2D eigenvalue weighted by Gasteiger charge is 2.20. The lowest BCUT2D eigenvalue weighted by molar-refractivity contribution is -0.936. The summed E-state index contributed by atoms with van der Waals surface area (Å²) in [5.41, 5.74) is 1.46.